The first kappa shape index (κ1) is 20.6. The van der Waals surface area contributed by atoms with Gasteiger partial charge in [0.2, 0.25) is 0 Å². The lowest BCUT2D eigenvalue weighted by molar-refractivity contribution is 0.188. The van der Waals surface area contributed by atoms with E-state index in [1.807, 2.05) is 54.0 Å². The molecule has 160 valence electrons. The predicted octanol–water partition coefficient (Wildman–Crippen LogP) is 3.20. The molecule has 0 aliphatic rings. The van der Waals surface area contributed by atoms with Crippen molar-refractivity contribution in [2.24, 2.45) is 0 Å². The average molecular weight is 420 g/mol. The number of methoxy groups -OCH3 is 2. The van der Waals surface area contributed by atoms with Gasteiger partial charge in [-0.25, -0.2) is 4.98 Å². The summed E-state index contributed by atoms with van der Waals surface area (Å²) in [7, 11) is 3.26. The largest absolute Gasteiger partial charge is 0.497 e. The lowest BCUT2D eigenvalue weighted by Crippen LogP contribution is -2.37. The minimum absolute atomic E-state index is 0.183. The van der Waals surface area contributed by atoms with Gasteiger partial charge in [-0.05, 0) is 42.8 Å². The number of fused-ring (bicyclic) bond motifs is 1. The maximum atomic E-state index is 12.3. The Hall–Kier alpha value is -3.65. The number of benzene rings is 2. The van der Waals surface area contributed by atoms with E-state index in [4.69, 9.17) is 9.47 Å². The van der Waals surface area contributed by atoms with E-state index in [1.165, 1.54) is 0 Å². The van der Waals surface area contributed by atoms with Gasteiger partial charge in [-0.1, -0.05) is 12.1 Å². The fourth-order valence-corrected chi connectivity index (χ4v) is 3.51. The van der Waals surface area contributed by atoms with Gasteiger partial charge in [0.15, 0.2) is 0 Å². The van der Waals surface area contributed by atoms with Gasteiger partial charge in [0, 0.05) is 25.4 Å². The van der Waals surface area contributed by atoms with E-state index in [0.29, 0.717) is 18.8 Å². The molecule has 8 heteroatoms. The molecule has 1 aromatic heterocycles. The highest BCUT2D eigenvalue weighted by atomic mass is 16.5. The molecule has 0 amide bonds. The Labute approximate surface area is 179 Å². The zero-order valence-electron chi connectivity index (χ0n) is 17.6. The van der Waals surface area contributed by atoms with Crippen LogP contribution < -0.4 is 26.2 Å². The molecule has 0 saturated carbocycles. The number of hydrogen-bond donors (Lipinski definition) is 2. The van der Waals surface area contributed by atoms with Crippen molar-refractivity contribution < 1.29 is 9.47 Å². The third-order valence-corrected chi connectivity index (χ3v) is 5.29. The van der Waals surface area contributed by atoms with Gasteiger partial charge in [-0.3, -0.25) is 9.59 Å². The molecule has 0 aliphatic heterocycles. The number of aromatic nitrogens is 2. The topological polar surface area (TPSA) is 94.5 Å². The summed E-state index contributed by atoms with van der Waals surface area (Å²) in [6.07, 6.45) is 1.76. The van der Waals surface area contributed by atoms with Gasteiger partial charge >= 0.3 is 0 Å². The molecule has 0 saturated heterocycles. The van der Waals surface area contributed by atoms with Crippen LogP contribution in [0.4, 0.5) is 17.1 Å². The van der Waals surface area contributed by atoms with Crippen LogP contribution in [-0.2, 0) is 11.3 Å². The maximum absolute atomic E-state index is 12.3. The van der Waals surface area contributed by atoms with E-state index in [9.17, 15) is 9.59 Å². The fourth-order valence-electron chi connectivity index (χ4n) is 3.51. The minimum atomic E-state index is -0.534. The third kappa shape index (κ3) is 4.02. The second-order valence-electron chi connectivity index (χ2n) is 7.31. The molecule has 0 aliphatic carbocycles. The van der Waals surface area contributed by atoms with Gasteiger partial charge < -0.3 is 24.7 Å². The highest BCUT2D eigenvalue weighted by molar-refractivity contribution is 5.84. The SMILES string of the molecule is COCCn1cnc2ccc(Nc3c(NC(C)c4cccc(OC)c4)c(=O)c3=O)cc21. The Morgan fingerprint density at radius 1 is 1.06 bits per heavy atom. The summed E-state index contributed by atoms with van der Waals surface area (Å²) in [6, 6.07) is 13.0. The van der Waals surface area contributed by atoms with Gasteiger partial charge in [0.25, 0.3) is 10.9 Å². The minimum Gasteiger partial charge on any atom is -0.497 e. The van der Waals surface area contributed by atoms with E-state index in [1.54, 1.807) is 20.5 Å². The molecule has 1 unspecified atom stereocenters. The number of ether oxygens (including phenoxy) is 2. The van der Waals surface area contributed by atoms with Crippen LogP contribution in [0.25, 0.3) is 11.0 Å². The smallest absolute Gasteiger partial charge is 0.253 e. The van der Waals surface area contributed by atoms with Crippen molar-refractivity contribution in [2.45, 2.75) is 19.5 Å². The van der Waals surface area contributed by atoms with Gasteiger partial charge in [0.05, 0.1) is 31.1 Å². The number of nitrogens with zero attached hydrogens (tertiary/aromatic N) is 2. The van der Waals surface area contributed by atoms with E-state index >= 15 is 0 Å². The molecule has 3 aromatic carbocycles. The van der Waals surface area contributed by atoms with Crippen LogP contribution in [0.1, 0.15) is 18.5 Å². The Kier molecular flexibility index (Phi) is 5.73. The van der Waals surface area contributed by atoms with Gasteiger partial charge in [-0.2, -0.15) is 0 Å². The Balaban J connectivity index is 1.57. The van der Waals surface area contributed by atoms with Crippen LogP contribution in [-0.4, -0.2) is 30.4 Å². The van der Waals surface area contributed by atoms with Crippen molar-refractivity contribution in [3.63, 3.8) is 0 Å². The summed E-state index contributed by atoms with van der Waals surface area (Å²) < 4.78 is 12.4. The maximum Gasteiger partial charge on any atom is 0.253 e. The first-order valence-corrected chi connectivity index (χ1v) is 9.96. The van der Waals surface area contributed by atoms with Crippen molar-refractivity contribution in [1.29, 1.82) is 0 Å². The fraction of sp³-hybridized carbons (Fsp3) is 0.261. The zero-order chi connectivity index (χ0) is 22.0. The molecule has 0 radical (unpaired) electrons. The first-order valence-electron chi connectivity index (χ1n) is 9.96. The van der Waals surface area contributed by atoms with E-state index in [2.05, 4.69) is 15.6 Å². The van der Waals surface area contributed by atoms with E-state index < -0.39 is 10.9 Å². The van der Waals surface area contributed by atoms with Crippen molar-refractivity contribution in [2.75, 3.05) is 31.5 Å². The molecule has 1 heterocycles. The van der Waals surface area contributed by atoms with Gasteiger partial charge in [-0.15, -0.1) is 0 Å². The highest BCUT2D eigenvalue weighted by Crippen LogP contribution is 2.28. The Morgan fingerprint density at radius 2 is 1.87 bits per heavy atom. The summed E-state index contributed by atoms with van der Waals surface area (Å²) in [4.78, 5) is 28.9. The molecule has 0 spiro atoms. The summed E-state index contributed by atoms with van der Waals surface area (Å²) in [5.41, 5.74) is 2.90. The molecule has 0 bridgehead atoms. The lowest BCUT2D eigenvalue weighted by Gasteiger charge is -2.20. The summed E-state index contributed by atoms with van der Waals surface area (Å²) >= 11 is 0. The number of hydrogen-bond acceptors (Lipinski definition) is 7. The number of imidazole rings is 1. The van der Waals surface area contributed by atoms with Crippen LogP contribution in [0.15, 0.2) is 58.4 Å². The summed E-state index contributed by atoms with van der Waals surface area (Å²) in [5.74, 6) is 0.730. The summed E-state index contributed by atoms with van der Waals surface area (Å²) in [6.45, 7) is 3.16. The molecule has 31 heavy (non-hydrogen) atoms. The van der Waals surface area contributed by atoms with Crippen molar-refractivity contribution in [3.05, 3.63) is 74.8 Å². The van der Waals surface area contributed by atoms with Gasteiger partial charge in [0.1, 0.15) is 17.1 Å². The normalized spacial score (nSPS) is 12.2. The monoisotopic (exact) mass is 420 g/mol. The number of nitrogens with one attached hydrogen (secondary N) is 2. The zero-order valence-corrected chi connectivity index (χ0v) is 17.6. The third-order valence-electron chi connectivity index (χ3n) is 5.29. The standard InChI is InChI=1S/C23H24N4O4/c1-14(15-5-4-6-17(11-15)31-3)25-20-21(23(29)22(20)28)26-16-7-8-18-19(12-16)27(13-24-18)9-10-30-2/h4-8,11-14,25-26H,9-10H2,1-3H3. The summed E-state index contributed by atoms with van der Waals surface area (Å²) in [5, 5.41) is 6.27. The van der Waals surface area contributed by atoms with Crippen LogP contribution in [0.3, 0.4) is 0 Å². The van der Waals surface area contributed by atoms with E-state index in [0.717, 1.165) is 22.3 Å². The van der Waals surface area contributed by atoms with Crippen LogP contribution in [0, 0.1) is 0 Å². The van der Waals surface area contributed by atoms with Crippen LogP contribution >= 0.6 is 0 Å². The Bertz CT molecular complexity index is 1290. The second-order valence-corrected chi connectivity index (χ2v) is 7.31. The molecular formula is C23H24N4O4. The number of rotatable bonds is 9. The first-order chi connectivity index (χ1) is 15.0. The molecule has 1 atom stereocenters. The molecule has 4 aromatic rings. The molecule has 2 N–H and O–H groups in total. The average Bonchev–Trinajstić information content (AvgIpc) is 3.21. The molecule has 8 nitrogen and oxygen atoms in total. The number of anilines is 3. The Morgan fingerprint density at radius 3 is 2.65 bits per heavy atom. The van der Waals surface area contributed by atoms with Crippen molar-refractivity contribution >= 4 is 28.1 Å². The predicted molar refractivity (Wildman–Crippen MR) is 121 cm³/mol. The van der Waals surface area contributed by atoms with Crippen LogP contribution in [0.2, 0.25) is 0 Å². The quantitative estimate of drug-likeness (QED) is 0.402. The molecular weight excluding hydrogens is 396 g/mol. The highest BCUT2D eigenvalue weighted by Gasteiger charge is 2.23. The van der Waals surface area contributed by atoms with Crippen molar-refractivity contribution in [3.8, 4) is 5.75 Å². The van der Waals surface area contributed by atoms with Crippen LogP contribution in [0.5, 0.6) is 5.75 Å². The van der Waals surface area contributed by atoms with E-state index in [-0.39, 0.29) is 17.4 Å². The lowest BCUT2D eigenvalue weighted by atomic mass is 10.1. The molecule has 0 fully saturated rings. The molecule has 4 rings (SSSR count). The second kappa shape index (κ2) is 8.61. The van der Waals surface area contributed by atoms with Crippen molar-refractivity contribution in [1.82, 2.24) is 9.55 Å².